The molecule has 18 heavy (non-hydrogen) atoms. The van der Waals surface area contributed by atoms with Crippen molar-refractivity contribution in [1.29, 1.82) is 0 Å². The lowest BCUT2D eigenvalue weighted by Crippen LogP contribution is -2.50. The third-order valence-corrected chi connectivity index (χ3v) is 4.61. The summed E-state index contributed by atoms with van der Waals surface area (Å²) >= 11 is 3.61. The highest BCUT2D eigenvalue weighted by molar-refractivity contribution is 9.10. The maximum atomic E-state index is 6.50. The van der Waals surface area contributed by atoms with E-state index in [-0.39, 0.29) is 5.54 Å². The van der Waals surface area contributed by atoms with Crippen molar-refractivity contribution < 1.29 is 0 Å². The van der Waals surface area contributed by atoms with Gasteiger partial charge in [0.05, 0.1) is 0 Å². The Balaban J connectivity index is 1.92. The van der Waals surface area contributed by atoms with Crippen LogP contribution in [-0.2, 0) is 6.54 Å². The fourth-order valence-electron chi connectivity index (χ4n) is 2.92. The van der Waals surface area contributed by atoms with Gasteiger partial charge in [-0.3, -0.25) is 0 Å². The molecule has 0 aromatic heterocycles. The van der Waals surface area contributed by atoms with Crippen LogP contribution in [0.5, 0.6) is 0 Å². The molecule has 1 fully saturated rings. The first-order valence-electron chi connectivity index (χ1n) is 6.80. The molecule has 1 aliphatic rings. The van der Waals surface area contributed by atoms with Crippen molar-refractivity contribution in [3.63, 3.8) is 0 Å². The third kappa shape index (κ3) is 3.81. The van der Waals surface area contributed by atoms with Crippen molar-refractivity contribution in [2.45, 2.75) is 44.2 Å². The minimum Gasteiger partial charge on any atom is -0.324 e. The molecule has 2 nitrogen and oxygen atoms in total. The summed E-state index contributed by atoms with van der Waals surface area (Å²) in [5.41, 5.74) is 7.87. The van der Waals surface area contributed by atoms with Gasteiger partial charge in [0.2, 0.25) is 0 Å². The Hall–Kier alpha value is -0.380. The number of likely N-dealkylation sites (N-methyl/N-ethyl adjacent to an activating group) is 1. The standard InChI is InChI=1S/C15H23BrN2/c1-18(11-13-7-3-4-8-14(13)16)12-15(17)9-5-2-6-10-15/h3-4,7-8H,2,5-6,9-12,17H2,1H3. The molecule has 0 heterocycles. The van der Waals surface area contributed by atoms with E-state index in [1.165, 1.54) is 42.1 Å². The molecule has 3 heteroatoms. The third-order valence-electron chi connectivity index (χ3n) is 3.83. The lowest BCUT2D eigenvalue weighted by Gasteiger charge is -2.37. The van der Waals surface area contributed by atoms with Gasteiger partial charge in [-0.1, -0.05) is 53.4 Å². The molecule has 0 unspecified atom stereocenters. The first-order chi connectivity index (χ1) is 8.59. The van der Waals surface area contributed by atoms with E-state index in [1.807, 2.05) is 0 Å². The van der Waals surface area contributed by atoms with Crippen LogP contribution in [-0.4, -0.2) is 24.0 Å². The SMILES string of the molecule is CN(Cc1ccccc1Br)CC1(N)CCCCC1. The van der Waals surface area contributed by atoms with Crippen molar-refractivity contribution in [1.82, 2.24) is 4.90 Å². The fraction of sp³-hybridized carbons (Fsp3) is 0.600. The molecule has 1 aromatic rings. The van der Waals surface area contributed by atoms with Crippen LogP contribution in [0.3, 0.4) is 0 Å². The van der Waals surface area contributed by atoms with E-state index in [2.05, 4.69) is 52.1 Å². The summed E-state index contributed by atoms with van der Waals surface area (Å²) in [6.07, 6.45) is 6.28. The van der Waals surface area contributed by atoms with Crippen LogP contribution in [0.1, 0.15) is 37.7 Å². The van der Waals surface area contributed by atoms with Crippen LogP contribution in [0, 0.1) is 0 Å². The van der Waals surface area contributed by atoms with Crippen molar-refractivity contribution in [2.24, 2.45) is 5.73 Å². The van der Waals surface area contributed by atoms with Gasteiger partial charge in [0, 0.05) is 23.1 Å². The van der Waals surface area contributed by atoms with Crippen LogP contribution in [0.4, 0.5) is 0 Å². The molecule has 1 aliphatic carbocycles. The summed E-state index contributed by atoms with van der Waals surface area (Å²) in [5, 5.41) is 0. The number of hydrogen-bond donors (Lipinski definition) is 1. The Bertz CT molecular complexity index is 386. The maximum Gasteiger partial charge on any atom is 0.0283 e. The number of halogens is 1. The molecule has 0 spiro atoms. The molecule has 0 atom stereocenters. The Morgan fingerprint density at radius 2 is 1.89 bits per heavy atom. The quantitative estimate of drug-likeness (QED) is 0.921. The molecule has 100 valence electrons. The average Bonchev–Trinajstić information content (AvgIpc) is 2.32. The summed E-state index contributed by atoms with van der Waals surface area (Å²) in [6, 6.07) is 8.42. The topological polar surface area (TPSA) is 29.3 Å². The molecule has 0 radical (unpaired) electrons. The number of benzene rings is 1. The summed E-state index contributed by atoms with van der Waals surface area (Å²) in [7, 11) is 2.17. The van der Waals surface area contributed by atoms with E-state index in [0.29, 0.717) is 0 Å². The molecule has 1 saturated carbocycles. The van der Waals surface area contributed by atoms with E-state index in [4.69, 9.17) is 5.73 Å². The lowest BCUT2D eigenvalue weighted by molar-refractivity contribution is 0.193. The Morgan fingerprint density at radius 3 is 2.56 bits per heavy atom. The Morgan fingerprint density at radius 1 is 1.22 bits per heavy atom. The lowest BCUT2D eigenvalue weighted by atomic mass is 9.82. The van der Waals surface area contributed by atoms with Gasteiger partial charge in [0.25, 0.3) is 0 Å². The minimum atomic E-state index is 0.0360. The zero-order chi connectivity index (χ0) is 13.0. The van der Waals surface area contributed by atoms with Gasteiger partial charge < -0.3 is 10.6 Å². The predicted octanol–water partition coefficient (Wildman–Crippen LogP) is 3.54. The van der Waals surface area contributed by atoms with Gasteiger partial charge in [-0.05, 0) is 31.5 Å². The minimum absolute atomic E-state index is 0.0360. The van der Waals surface area contributed by atoms with Crippen molar-refractivity contribution in [3.8, 4) is 0 Å². The second kappa shape index (κ2) is 6.18. The molecule has 2 N–H and O–H groups in total. The summed E-state index contributed by atoms with van der Waals surface area (Å²) in [5.74, 6) is 0. The Kier molecular flexibility index (Phi) is 4.82. The highest BCUT2D eigenvalue weighted by Gasteiger charge is 2.28. The first-order valence-corrected chi connectivity index (χ1v) is 7.59. The summed E-state index contributed by atoms with van der Waals surface area (Å²) in [4.78, 5) is 2.35. The molecular formula is C15H23BrN2. The van der Waals surface area contributed by atoms with Crippen LogP contribution in [0.15, 0.2) is 28.7 Å². The van der Waals surface area contributed by atoms with E-state index in [1.54, 1.807) is 0 Å². The van der Waals surface area contributed by atoms with Crippen molar-refractivity contribution >= 4 is 15.9 Å². The fourth-order valence-corrected chi connectivity index (χ4v) is 3.34. The maximum absolute atomic E-state index is 6.50. The van der Waals surface area contributed by atoms with Crippen molar-refractivity contribution in [3.05, 3.63) is 34.3 Å². The molecule has 1 aromatic carbocycles. The van der Waals surface area contributed by atoms with Crippen molar-refractivity contribution in [2.75, 3.05) is 13.6 Å². The average molecular weight is 311 g/mol. The van der Waals surface area contributed by atoms with Gasteiger partial charge in [0.1, 0.15) is 0 Å². The van der Waals surface area contributed by atoms with Crippen LogP contribution in [0.25, 0.3) is 0 Å². The van der Waals surface area contributed by atoms with Crippen LogP contribution in [0.2, 0.25) is 0 Å². The summed E-state index contributed by atoms with van der Waals surface area (Å²) < 4.78 is 1.19. The molecule has 2 rings (SSSR count). The zero-order valence-electron chi connectivity index (χ0n) is 11.2. The van der Waals surface area contributed by atoms with Gasteiger partial charge in [-0.15, -0.1) is 0 Å². The molecule has 0 amide bonds. The van der Waals surface area contributed by atoms with Gasteiger partial charge in [-0.25, -0.2) is 0 Å². The normalized spacial score (nSPS) is 19.1. The largest absolute Gasteiger partial charge is 0.324 e. The zero-order valence-corrected chi connectivity index (χ0v) is 12.7. The molecule has 0 bridgehead atoms. The number of rotatable bonds is 4. The second-order valence-electron chi connectivity index (χ2n) is 5.69. The number of nitrogens with zero attached hydrogens (tertiary/aromatic N) is 1. The number of nitrogens with two attached hydrogens (primary N) is 1. The monoisotopic (exact) mass is 310 g/mol. The van der Waals surface area contributed by atoms with E-state index in [9.17, 15) is 0 Å². The molecule has 0 aliphatic heterocycles. The number of hydrogen-bond acceptors (Lipinski definition) is 2. The molecule has 0 saturated heterocycles. The van der Waals surface area contributed by atoms with E-state index >= 15 is 0 Å². The highest BCUT2D eigenvalue weighted by atomic mass is 79.9. The van der Waals surface area contributed by atoms with Gasteiger partial charge in [0.15, 0.2) is 0 Å². The summed E-state index contributed by atoms with van der Waals surface area (Å²) in [6.45, 7) is 1.95. The second-order valence-corrected chi connectivity index (χ2v) is 6.54. The highest BCUT2D eigenvalue weighted by Crippen LogP contribution is 2.27. The smallest absolute Gasteiger partial charge is 0.0283 e. The first kappa shape index (κ1) is 14.0. The van der Waals surface area contributed by atoms with Gasteiger partial charge >= 0.3 is 0 Å². The van der Waals surface area contributed by atoms with Gasteiger partial charge in [-0.2, -0.15) is 0 Å². The molecular weight excluding hydrogens is 288 g/mol. The van der Waals surface area contributed by atoms with E-state index < -0.39 is 0 Å². The van der Waals surface area contributed by atoms with Crippen LogP contribution >= 0.6 is 15.9 Å². The Labute approximate surface area is 119 Å². The predicted molar refractivity (Wildman–Crippen MR) is 80.5 cm³/mol. The van der Waals surface area contributed by atoms with E-state index in [0.717, 1.165) is 13.1 Å². The van der Waals surface area contributed by atoms with Crippen LogP contribution < -0.4 is 5.73 Å².